The van der Waals surface area contributed by atoms with Crippen molar-refractivity contribution in [2.24, 2.45) is 11.8 Å². The molecule has 0 saturated carbocycles. The Morgan fingerprint density at radius 3 is 2.65 bits per heavy atom. The highest BCUT2D eigenvalue weighted by atomic mass is 16.2. The molecule has 2 amide bonds. The summed E-state index contributed by atoms with van der Waals surface area (Å²) < 4.78 is 0. The Hall–Kier alpha value is -1.10. The molecular formula is C12H19N3O2. The van der Waals surface area contributed by atoms with E-state index in [-0.39, 0.29) is 17.7 Å². The number of amides is 2. The fourth-order valence-corrected chi connectivity index (χ4v) is 3.22. The van der Waals surface area contributed by atoms with Crippen LogP contribution in [0.25, 0.3) is 0 Å². The number of nitrogens with one attached hydrogen (secondary N) is 2. The van der Waals surface area contributed by atoms with Crippen LogP contribution >= 0.6 is 0 Å². The Balaban J connectivity index is 1.56. The minimum Gasteiger partial charge on any atom is -0.355 e. The zero-order valence-corrected chi connectivity index (χ0v) is 9.95. The highest BCUT2D eigenvalue weighted by Crippen LogP contribution is 2.27. The first kappa shape index (κ1) is 11.0. The third-order valence-electron chi connectivity index (χ3n) is 4.33. The molecule has 94 valence electrons. The summed E-state index contributed by atoms with van der Waals surface area (Å²) in [6.45, 7) is 3.86. The molecule has 4 saturated heterocycles. The largest absolute Gasteiger partial charge is 0.355 e. The molecule has 4 heterocycles. The number of fused-ring (bicyclic) bond motifs is 3. The molecular weight excluding hydrogens is 218 g/mol. The molecule has 5 heteroatoms. The van der Waals surface area contributed by atoms with E-state index in [1.807, 2.05) is 0 Å². The summed E-state index contributed by atoms with van der Waals surface area (Å²) in [6, 6.07) is 0.306. The minimum absolute atomic E-state index is 0.000866. The Morgan fingerprint density at radius 2 is 2.12 bits per heavy atom. The van der Waals surface area contributed by atoms with Gasteiger partial charge < -0.3 is 15.5 Å². The first-order chi connectivity index (χ1) is 8.22. The summed E-state index contributed by atoms with van der Waals surface area (Å²) >= 11 is 0. The maximum atomic E-state index is 12.0. The van der Waals surface area contributed by atoms with Gasteiger partial charge in [0.1, 0.15) is 0 Å². The van der Waals surface area contributed by atoms with E-state index in [9.17, 15) is 9.59 Å². The predicted molar refractivity (Wildman–Crippen MR) is 62.2 cm³/mol. The quantitative estimate of drug-likeness (QED) is 0.670. The van der Waals surface area contributed by atoms with Crippen molar-refractivity contribution in [2.45, 2.75) is 25.3 Å². The van der Waals surface area contributed by atoms with Crippen molar-refractivity contribution in [2.75, 3.05) is 26.2 Å². The summed E-state index contributed by atoms with van der Waals surface area (Å²) in [5.41, 5.74) is 0. The van der Waals surface area contributed by atoms with E-state index in [4.69, 9.17) is 0 Å². The van der Waals surface area contributed by atoms with Crippen LogP contribution in [0.3, 0.4) is 0 Å². The summed E-state index contributed by atoms with van der Waals surface area (Å²) in [5, 5.41) is 5.85. The van der Waals surface area contributed by atoms with Gasteiger partial charge in [-0.05, 0) is 31.8 Å². The van der Waals surface area contributed by atoms with E-state index >= 15 is 0 Å². The molecule has 4 aliphatic rings. The van der Waals surface area contributed by atoms with Gasteiger partial charge in [0.2, 0.25) is 11.8 Å². The zero-order valence-electron chi connectivity index (χ0n) is 9.95. The van der Waals surface area contributed by atoms with E-state index in [1.165, 1.54) is 25.9 Å². The van der Waals surface area contributed by atoms with E-state index < -0.39 is 0 Å². The van der Waals surface area contributed by atoms with Gasteiger partial charge in [0, 0.05) is 25.6 Å². The fraction of sp³-hybridized carbons (Fsp3) is 0.833. The van der Waals surface area contributed by atoms with Crippen molar-refractivity contribution in [1.82, 2.24) is 15.5 Å². The number of nitrogens with zero attached hydrogens (tertiary/aromatic N) is 1. The first-order valence-electron chi connectivity index (χ1n) is 6.52. The lowest BCUT2D eigenvalue weighted by molar-refractivity contribution is -0.128. The lowest BCUT2D eigenvalue weighted by Crippen LogP contribution is -2.58. The molecule has 2 bridgehead atoms. The van der Waals surface area contributed by atoms with E-state index in [0.717, 1.165) is 6.54 Å². The molecule has 2 atom stereocenters. The molecule has 0 aromatic heterocycles. The molecule has 4 aliphatic heterocycles. The Kier molecular flexibility index (Phi) is 2.78. The number of hydrogen-bond donors (Lipinski definition) is 2. The fourth-order valence-electron chi connectivity index (χ4n) is 3.22. The summed E-state index contributed by atoms with van der Waals surface area (Å²) in [4.78, 5) is 25.5. The summed E-state index contributed by atoms with van der Waals surface area (Å²) in [7, 11) is 0. The van der Waals surface area contributed by atoms with Gasteiger partial charge in [-0.25, -0.2) is 0 Å². The Labute approximate surface area is 101 Å². The van der Waals surface area contributed by atoms with Crippen LogP contribution in [0.4, 0.5) is 0 Å². The summed E-state index contributed by atoms with van der Waals surface area (Å²) in [6.07, 6.45) is 2.76. The molecule has 0 aromatic rings. The van der Waals surface area contributed by atoms with E-state index in [0.29, 0.717) is 24.9 Å². The normalized spacial score (nSPS) is 40.1. The van der Waals surface area contributed by atoms with Crippen LogP contribution < -0.4 is 10.6 Å². The maximum absolute atomic E-state index is 12.0. The Morgan fingerprint density at radius 1 is 1.35 bits per heavy atom. The van der Waals surface area contributed by atoms with Gasteiger partial charge in [-0.1, -0.05) is 0 Å². The number of piperidine rings is 3. The Bertz CT molecular complexity index is 337. The van der Waals surface area contributed by atoms with Gasteiger partial charge in [0.15, 0.2) is 0 Å². The second-order valence-electron chi connectivity index (χ2n) is 5.46. The van der Waals surface area contributed by atoms with Gasteiger partial charge in [0.05, 0.1) is 5.92 Å². The van der Waals surface area contributed by atoms with Crippen LogP contribution in [0.15, 0.2) is 0 Å². The van der Waals surface area contributed by atoms with Crippen LogP contribution in [0.5, 0.6) is 0 Å². The van der Waals surface area contributed by atoms with E-state index in [2.05, 4.69) is 15.5 Å². The van der Waals surface area contributed by atoms with Crippen LogP contribution in [0, 0.1) is 11.8 Å². The van der Waals surface area contributed by atoms with Gasteiger partial charge in [0.25, 0.3) is 0 Å². The average molecular weight is 237 g/mol. The first-order valence-corrected chi connectivity index (χ1v) is 6.52. The second kappa shape index (κ2) is 4.29. The van der Waals surface area contributed by atoms with Gasteiger partial charge in [-0.2, -0.15) is 0 Å². The maximum Gasteiger partial charge on any atom is 0.225 e. The van der Waals surface area contributed by atoms with Gasteiger partial charge >= 0.3 is 0 Å². The molecule has 4 rings (SSSR count). The highest BCUT2D eigenvalue weighted by Gasteiger charge is 2.37. The van der Waals surface area contributed by atoms with Crippen LogP contribution in [0.2, 0.25) is 0 Å². The van der Waals surface area contributed by atoms with Crippen molar-refractivity contribution in [1.29, 1.82) is 0 Å². The molecule has 0 aromatic carbocycles. The monoisotopic (exact) mass is 237 g/mol. The van der Waals surface area contributed by atoms with Gasteiger partial charge in [-0.3, -0.25) is 9.59 Å². The molecule has 17 heavy (non-hydrogen) atoms. The standard InChI is InChI=1S/C12H19N3O2/c16-11-5-9(6-13-11)12(17)14-10-7-15-3-1-8(10)2-4-15/h8-10H,1-7H2,(H,13,16)(H,14,17). The van der Waals surface area contributed by atoms with E-state index in [1.54, 1.807) is 0 Å². The van der Waals surface area contributed by atoms with Crippen molar-refractivity contribution in [3.63, 3.8) is 0 Å². The van der Waals surface area contributed by atoms with Crippen molar-refractivity contribution in [3.8, 4) is 0 Å². The lowest BCUT2D eigenvalue weighted by Gasteiger charge is -2.45. The smallest absolute Gasteiger partial charge is 0.225 e. The van der Waals surface area contributed by atoms with Crippen LogP contribution in [0.1, 0.15) is 19.3 Å². The van der Waals surface area contributed by atoms with Crippen LogP contribution in [-0.4, -0.2) is 48.9 Å². The number of hydrogen-bond acceptors (Lipinski definition) is 3. The molecule has 0 radical (unpaired) electrons. The predicted octanol–water partition coefficient (Wildman–Crippen LogP) is -0.667. The highest BCUT2D eigenvalue weighted by molar-refractivity contribution is 5.89. The molecule has 0 spiro atoms. The minimum atomic E-state index is -0.155. The third-order valence-corrected chi connectivity index (χ3v) is 4.33. The van der Waals surface area contributed by atoms with Crippen molar-refractivity contribution in [3.05, 3.63) is 0 Å². The summed E-state index contributed by atoms with van der Waals surface area (Å²) in [5.74, 6) is 0.549. The van der Waals surface area contributed by atoms with Crippen LogP contribution in [-0.2, 0) is 9.59 Å². The molecule has 0 aliphatic carbocycles. The number of carbonyl (C=O) groups is 2. The van der Waals surface area contributed by atoms with Crippen molar-refractivity contribution < 1.29 is 9.59 Å². The molecule has 2 N–H and O–H groups in total. The molecule has 5 nitrogen and oxygen atoms in total. The second-order valence-corrected chi connectivity index (χ2v) is 5.46. The number of rotatable bonds is 2. The third kappa shape index (κ3) is 2.16. The zero-order chi connectivity index (χ0) is 11.8. The lowest BCUT2D eigenvalue weighted by atomic mass is 9.84. The number of carbonyl (C=O) groups excluding carboxylic acids is 2. The van der Waals surface area contributed by atoms with Gasteiger partial charge in [-0.15, -0.1) is 0 Å². The average Bonchev–Trinajstić information content (AvgIpc) is 2.77. The SMILES string of the molecule is O=C1CC(C(=O)NC2CN3CCC2CC3)CN1. The topological polar surface area (TPSA) is 61.4 Å². The molecule has 2 unspecified atom stereocenters. The molecule has 4 fully saturated rings. The van der Waals surface area contributed by atoms with Crippen molar-refractivity contribution >= 4 is 11.8 Å².